The van der Waals surface area contributed by atoms with Crippen molar-refractivity contribution in [1.29, 1.82) is 0 Å². The predicted octanol–water partition coefficient (Wildman–Crippen LogP) is 2.39. The summed E-state index contributed by atoms with van der Waals surface area (Å²) in [5, 5.41) is 3.95. The van der Waals surface area contributed by atoms with Gasteiger partial charge in [0.2, 0.25) is 5.91 Å². The van der Waals surface area contributed by atoms with Gasteiger partial charge in [0.1, 0.15) is 6.54 Å². The van der Waals surface area contributed by atoms with Crippen molar-refractivity contribution >= 4 is 11.8 Å². The summed E-state index contributed by atoms with van der Waals surface area (Å²) < 4.78 is 35.7. The number of amides is 2. The van der Waals surface area contributed by atoms with Gasteiger partial charge < -0.3 is 10.6 Å². The van der Waals surface area contributed by atoms with Crippen LogP contribution in [-0.2, 0) is 10.2 Å². The van der Waals surface area contributed by atoms with Crippen molar-refractivity contribution in [2.24, 2.45) is 0 Å². The number of benzene rings is 1. The maximum Gasteiger partial charge on any atom is 0.405 e. The molecule has 0 aliphatic carbocycles. The number of hydrogen-bond acceptors (Lipinski definition) is 2. The molecule has 1 aromatic carbocycles. The molecule has 0 aliphatic heterocycles. The molecule has 0 fully saturated rings. The van der Waals surface area contributed by atoms with E-state index in [2.05, 4.69) is 5.32 Å². The summed E-state index contributed by atoms with van der Waals surface area (Å²) in [6, 6.07) is 6.84. The molecule has 0 spiro atoms. The van der Waals surface area contributed by atoms with E-state index in [1.807, 2.05) is 20.8 Å². The summed E-state index contributed by atoms with van der Waals surface area (Å²) in [7, 11) is 0. The van der Waals surface area contributed by atoms with Gasteiger partial charge >= 0.3 is 6.18 Å². The number of hydrogen-bond donors (Lipinski definition) is 2. The Labute approximate surface area is 127 Å². The van der Waals surface area contributed by atoms with Crippen LogP contribution in [0.3, 0.4) is 0 Å². The van der Waals surface area contributed by atoms with Crippen LogP contribution >= 0.6 is 0 Å². The Kier molecular flexibility index (Phi) is 5.57. The van der Waals surface area contributed by atoms with Crippen LogP contribution in [0.15, 0.2) is 24.3 Å². The second kappa shape index (κ2) is 6.81. The number of halogens is 3. The first-order valence-corrected chi connectivity index (χ1v) is 6.71. The summed E-state index contributed by atoms with van der Waals surface area (Å²) in [6.45, 7) is 4.19. The third-order valence-electron chi connectivity index (χ3n) is 2.91. The van der Waals surface area contributed by atoms with Crippen molar-refractivity contribution in [2.45, 2.75) is 32.4 Å². The third-order valence-corrected chi connectivity index (χ3v) is 2.91. The molecule has 0 atom stereocenters. The van der Waals surface area contributed by atoms with Gasteiger partial charge in [-0.2, -0.15) is 13.2 Å². The molecule has 0 heterocycles. The predicted molar refractivity (Wildman–Crippen MR) is 76.5 cm³/mol. The molecule has 1 rings (SSSR count). The van der Waals surface area contributed by atoms with E-state index in [-0.39, 0.29) is 5.41 Å². The first kappa shape index (κ1) is 18.0. The maximum absolute atomic E-state index is 11.9. The lowest BCUT2D eigenvalue weighted by Gasteiger charge is -2.19. The molecule has 122 valence electrons. The highest BCUT2D eigenvalue weighted by Gasteiger charge is 2.27. The average Bonchev–Trinajstić information content (AvgIpc) is 2.41. The van der Waals surface area contributed by atoms with Crippen LogP contribution < -0.4 is 10.6 Å². The summed E-state index contributed by atoms with van der Waals surface area (Å²) in [5.41, 5.74) is 1.34. The van der Waals surface area contributed by atoms with Crippen LogP contribution in [0.5, 0.6) is 0 Å². The topological polar surface area (TPSA) is 58.2 Å². The Morgan fingerprint density at radius 3 is 2.00 bits per heavy atom. The highest BCUT2D eigenvalue weighted by atomic mass is 19.4. The van der Waals surface area contributed by atoms with Gasteiger partial charge in [-0.3, -0.25) is 9.59 Å². The molecule has 1 aromatic rings. The van der Waals surface area contributed by atoms with E-state index in [4.69, 9.17) is 0 Å². The molecule has 2 amide bonds. The van der Waals surface area contributed by atoms with Crippen molar-refractivity contribution in [3.63, 3.8) is 0 Å². The van der Waals surface area contributed by atoms with Crippen LogP contribution in [-0.4, -0.2) is 31.1 Å². The van der Waals surface area contributed by atoms with Gasteiger partial charge in [-0.25, -0.2) is 0 Å². The number of alkyl halides is 3. The zero-order valence-corrected chi connectivity index (χ0v) is 12.7. The third kappa shape index (κ3) is 6.15. The van der Waals surface area contributed by atoms with Crippen molar-refractivity contribution in [2.75, 3.05) is 13.1 Å². The maximum atomic E-state index is 11.9. The zero-order valence-electron chi connectivity index (χ0n) is 12.7. The molecule has 0 unspecified atom stereocenters. The monoisotopic (exact) mass is 316 g/mol. The zero-order chi connectivity index (χ0) is 17.0. The molecule has 0 saturated carbocycles. The lowest BCUT2D eigenvalue weighted by Crippen LogP contribution is -2.40. The molecule has 22 heavy (non-hydrogen) atoms. The van der Waals surface area contributed by atoms with Crippen LogP contribution in [0.25, 0.3) is 0 Å². The fraction of sp³-hybridized carbons (Fsp3) is 0.467. The average molecular weight is 316 g/mol. The minimum absolute atomic E-state index is 0.0491. The quantitative estimate of drug-likeness (QED) is 0.896. The number of nitrogens with one attached hydrogen (secondary N) is 2. The fourth-order valence-electron chi connectivity index (χ4n) is 1.65. The largest absolute Gasteiger partial charge is 0.405 e. The van der Waals surface area contributed by atoms with E-state index in [1.54, 1.807) is 29.6 Å². The van der Waals surface area contributed by atoms with Gasteiger partial charge in [-0.05, 0) is 23.1 Å². The minimum atomic E-state index is -4.47. The fourth-order valence-corrected chi connectivity index (χ4v) is 1.65. The Morgan fingerprint density at radius 1 is 1.00 bits per heavy atom. The van der Waals surface area contributed by atoms with Crippen LogP contribution in [0.2, 0.25) is 0 Å². The SMILES string of the molecule is CC(C)(C)c1ccc(C(=O)NCC(=O)NCC(F)(F)F)cc1. The summed E-state index contributed by atoms with van der Waals surface area (Å²) in [5.74, 6) is -1.40. The van der Waals surface area contributed by atoms with Crippen LogP contribution in [0, 0.1) is 0 Å². The van der Waals surface area contributed by atoms with E-state index in [1.165, 1.54) is 0 Å². The van der Waals surface area contributed by atoms with Crippen molar-refractivity contribution in [1.82, 2.24) is 10.6 Å². The van der Waals surface area contributed by atoms with Crippen molar-refractivity contribution < 1.29 is 22.8 Å². The molecule has 7 heteroatoms. The van der Waals surface area contributed by atoms with Gasteiger partial charge in [0.05, 0.1) is 6.54 Å². The molecule has 2 N–H and O–H groups in total. The Morgan fingerprint density at radius 2 is 1.55 bits per heavy atom. The van der Waals surface area contributed by atoms with Gasteiger partial charge in [0.15, 0.2) is 0 Å². The highest BCUT2D eigenvalue weighted by Crippen LogP contribution is 2.22. The van der Waals surface area contributed by atoms with E-state index in [0.29, 0.717) is 5.56 Å². The Hall–Kier alpha value is -2.05. The second-order valence-corrected chi connectivity index (χ2v) is 5.90. The second-order valence-electron chi connectivity index (χ2n) is 5.90. The number of carbonyl (C=O) groups is 2. The first-order chi connectivity index (χ1) is 9.99. The molecule has 0 bridgehead atoms. The van der Waals surface area contributed by atoms with Gasteiger partial charge in [-0.15, -0.1) is 0 Å². The van der Waals surface area contributed by atoms with Gasteiger partial charge in [0, 0.05) is 5.56 Å². The van der Waals surface area contributed by atoms with Crippen LogP contribution in [0.1, 0.15) is 36.7 Å². The molecule has 0 aliphatic rings. The molecule has 0 aromatic heterocycles. The molecular formula is C15H19F3N2O2. The number of carbonyl (C=O) groups excluding carboxylic acids is 2. The summed E-state index contributed by atoms with van der Waals surface area (Å²) in [6.07, 6.45) is -4.47. The first-order valence-electron chi connectivity index (χ1n) is 6.71. The standard InChI is InChI=1S/C15H19F3N2O2/c1-14(2,3)11-6-4-10(5-7-11)13(22)19-8-12(21)20-9-15(16,17)18/h4-7H,8-9H2,1-3H3,(H,19,22)(H,20,21). The van der Waals surface area contributed by atoms with E-state index >= 15 is 0 Å². The lowest BCUT2D eigenvalue weighted by molar-refractivity contribution is -0.137. The van der Waals surface area contributed by atoms with Crippen LogP contribution in [0.4, 0.5) is 13.2 Å². The molecular weight excluding hydrogens is 297 g/mol. The Bertz CT molecular complexity index is 531. The minimum Gasteiger partial charge on any atom is -0.345 e. The van der Waals surface area contributed by atoms with Gasteiger partial charge in [-0.1, -0.05) is 32.9 Å². The molecule has 4 nitrogen and oxygen atoms in total. The molecule has 0 radical (unpaired) electrons. The summed E-state index contributed by atoms with van der Waals surface area (Å²) >= 11 is 0. The van der Waals surface area contributed by atoms with E-state index in [0.717, 1.165) is 5.56 Å². The lowest BCUT2D eigenvalue weighted by atomic mass is 9.87. The smallest absolute Gasteiger partial charge is 0.345 e. The normalized spacial score (nSPS) is 11.9. The molecule has 0 saturated heterocycles. The van der Waals surface area contributed by atoms with Crippen molar-refractivity contribution in [3.8, 4) is 0 Å². The van der Waals surface area contributed by atoms with Gasteiger partial charge in [0.25, 0.3) is 5.91 Å². The number of rotatable bonds is 4. The summed E-state index contributed by atoms with van der Waals surface area (Å²) in [4.78, 5) is 23.0. The highest BCUT2D eigenvalue weighted by molar-refractivity contribution is 5.96. The van der Waals surface area contributed by atoms with E-state index in [9.17, 15) is 22.8 Å². The Balaban J connectivity index is 2.51. The van der Waals surface area contributed by atoms with E-state index < -0.39 is 31.1 Å². The van der Waals surface area contributed by atoms with Crippen molar-refractivity contribution in [3.05, 3.63) is 35.4 Å².